The number of aromatic amines is 1. The van der Waals surface area contributed by atoms with Crippen molar-refractivity contribution in [3.05, 3.63) is 69.7 Å². The van der Waals surface area contributed by atoms with Crippen molar-refractivity contribution in [2.75, 3.05) is 10.6 Å². The lowest BCUT2D eigenvalue weighted by atomic mass is 10.0. The van der Waals surface area contributed by atoms with Gasteiger partial charge in [-0.15, -0.1) is 5.10 Å². The van der Waals surface area contributed by atoms with Crippen LogP contribution in [0.1, 0.15) is 36.2 Å². The van der Waals surface area contributed by atoms with Crippen molar-refractivity contribution < 1.29 is 14.4 Å². The number of H-pyrrole nitrogens is 1. The first-order chi connectivity index (χ1) is 15.8. The second-order valence-corrected chi connectivity index (χ2v) is 9.38. The van der Waals surface area contributed by atoms with E-state index in [0.29, 0.717) is 33.2 Å². The molecule has 172 valence electrons. The summed E-state index contributed by atoms with van der Waals surface area (Å²) in [7, 11) is 0. The van der Waals surface area contributed by atoms with Gasteiger partial charge in [0.1, 0.15) is 6.04 Å². The first kappa shape index (κ1) is 24.3. The maximum absolute atomic E-state index is 12.7. The predicted molar refractivity (Wildman–Crippen MR) is 132 cm³/mol. The fraction of sp³-hybridized carbons (Fsp3) is 0.261. The molecule has 0 unspecified atom stereocenters. The number of nitrogens with zero attached hydrogens (tertiary/aromatic N) is 1. The topological polar surface area (TPSA) is 116 Å². The summed E-state index contributed by atoms with van der Waals surface area (Å²) < 4.78 is 0.447. The molecule has 8 nitrogen and oxygen atoms in total. The standard InChI is InChI=1S/C23H25N5O3S2/c1-14(2)19(21(31)26-22-27-28-23(32)33-22)25-20(30)16-9-11-17(12-10-16)24-18(29)13-8-15-6-4-3-5-7-15/h3-7,9-12,14,19H,8,13H2,1-2H3,(H,24,29)(H,25,30)(H,28,32)(H,26,27,31)/t19-/m0/s1. The van der Waals surface area contributed by atoms with Gasteiger partial charge in [0.25, 0.3) is 5.91 Å². The molecule has 0 aliphatic heterocycles. The number of aryl methyl sites for hydroxylation is 1. The SMILES string of the molecule is CC(C)[C@H](NC(=O)c1ccc(NC(=O)CCc2ccccc2)cc1)C(=O)Nc1n[nH]c(=S)s1. The van der Waals surface area contributed by atoms with Gasteiger partial charge in [-0.2, -0.15) is 0 Å². The van der Waals surface area contributed by atoms with E-state index >= 15 is 0 Å². The van der Waals surface area contributed by atoms with Crippen LogP contribution in [0.4, 0.5) is 10.8 Å². The largest absolute Gasteiger partial charge is 0.340 e. The normalized spacial score (nSPS) is 11.6. The van der Waals surface area contributed by atoms with Crippen LogP contribution in [0.3, 0.4) is 0 Å². The van der Waals surface area contributed by atoms with Gasteiger partial charge in [0.05, 0.1) is 0 Å². The maximum Gasteiger partial charge on any atom is 0.251 e. The second-order valence-electron chi connectivity index (χ2n) is 7.71. The Hall–Kier alpha value is -3.37. The average Bonchev–Trinajstić information content (AvgIpc) is 3.21. The monoisotopic (exact) mass is 483 g/mol. The fourth-order valence-electron chi connectivity index (χ4n) is 3.06. The van der Waals surface area contributed by atoms with Gasteiger partial charge in [0, 0.05) is 17.7 Å². The third-order valence-electron chi connectivity index (χ3n) is 4.82. The van der Waals surface area contributed by atoms with Crippen molar-refractivity contribution in [2.45, 2.75) is 32.7 Å². The van der Waals surface area contributed by atoms with E-state index < -0.39 is 6.04 Å². The Morgan fingerprint density at radius 2 is 1.73 bits per heavy atom. The number of amides is 3. The molecule has 3 amide bonds. The molecular weight excluding hydrogens is 458 g/mol. The molecular formula is C23H25N5O3S2. The van der Waals surface area contributed by atoms with E-state index in [4.69, 9.17) is 12.2 Å². The van der Waals surface area contributed by atoms with Crippen molar-refractivity contribution in [1.82, 2.24) is 15.5 Å². The molecule has 1 aromatic heterocycles. The smallest absolute Gasteiger partial charge is 0.251 e. The van der Waals surface area contributed by atoms with E-state index in [-0.39, 0.29) is 23.6 Å². The van der Waals surface area contributed by atoms with Gasteiger partial charge >= 0.3 is 0 Å². The summed E-state index contributed by atoms with van der Waals surface area (Å²) in [4.78, 5) is 37.5. The summed E-state index contributed by atoms with van der Waals surface area (Å²) in [6, 6.07) is 15.6. The zero-order valence-corrected chi connectivity index (χ0v) is 19.9. The second kappa shape index (κ2) is 11.5. The van der Waals surface area contributed by atoms with Crippen molar-refractivity contribution >= 4 is 52.1 Å². The number of aromatic nitrogens is 2. The van der Waals surface area contributed by atoms with Crippen LogP contribution in [0.2, 0.25) is 0 Å². The lowest BCUT2D eigenvalue weighted by Crippen LogP contribution is -2.47. The number of nitrogens with one attached hydrogen (secondary N) is 4. The molecule has 3 rings (SSSR count). The highest BCUT2D eigenvalue weighted by Gasteiger charge is 2.25. The van der Waals surface area contributed by atoms with Crippen LogP contribution < -0.4 is 16.0 Å². The summed E-state index contributed by atoms with van der Waals surface area (Å²) in [6.45, 7) is 3.68. The molecule has 0 fully saturated rings. The summed E-state index contributed by atoms with van der Waals surface area (Å²) in [5, 5.41) is 15.1. The molecule has 0 saturated carbocycles. The number of hydrogen-bond acceptors (Lipinski definition) is 6. The summed E-state index contributed by atoms with van der Waals surface area (Å²) in [5.41, 5.74) is 2.08. The van der Waals surface area contributed by atoms with E-state index in [1.807, 2.05) is 44.2 Å². The number of carbonyl (C=O) groups is 3. The highest BCUT2D eigenvalue weighted by Crippen LogP contribution is 2.15. The molecule has 3 aromatic rings. The minimum absolute atomic E-state index is 0.103. The third kappa shape index (κ3) is 7.33. The number of carbonyl (C=O) groups excluding carboxylic acids is 3. The molecule has 33 heavy (non-hydrogen) atoms. The Morgan fingerprint density at radius 1 is 1.03 bits per heavy atom. The summed E-state index contributed by atoms with van der Waals surface area (Å²) in [6.07, 6.45) is 1.01. The zero-order chi connectivity index (χ0) is 23.8. The van der Waals surface area contributed by atoms with Gasteiger partial charge in [-0.25, -0.2) is 0 Å². The Kier molecular flexibility index (Phi) is 8.45. The first-order valence-electron chi connectivity index (χ1n) is 10.4. The van der Waals surface area contributed by atoms with Crippen LogP contribution in [0.25, 0.3) is 0 Å². The Bertz CT molecular complexity index is 1160. The van der Waals surface area contributed by atoms with E-state index in [1.54, 1.807) is 24.3 Å². The van der Waals surface area contributed by atoms with Crippen LogP contribution in [-0.2, 0) is 16.0 Å². The van der Waals surface area contributed by atoms with E-state index in [0.717, 1.165) is 16.9 Å². The number of rotatable bonds is 9. The van der Waals surface area contributed by atoms with E-state index in [1.165, 1.54) is 0 Å². The van der Waals surface area contributed by atoms with Crippen molar-refractivity contribution in [3.63, 3.8) is 0 Å². The number of hydrogen-bond donors (Lipinski definition) is 4. The molecule has 0 bridgehead atoms. The molecule has 0 radical (unpaired) electrons. The van der Waals surface area contributed by atoms with Gasteiger partial charge in [0.15, 0.2) is 3.95 Å². The Labute approximate surface area is 200 Å². The van der Waals surface area contributed by atoms with Gasteiger partial charge < -0.3 is 10.6 Å². The van der Waals surface area contributed by atoms with Crippen LogP contribution in [-0.4, -0.2) is 34.0 Å². The molecule has 4 N–H and O–H groups in total. The molecule has 1 heterocycles. The van der Waals surface area contributed by atoms with Gasteiger partial charge in [-0.1, -0.05) is 55.5 Å². The molecule has 0 aliphatic carbocycles. The van der Waals surface area contributed by atoms with Crippen LogP contribution in [0.5, 0.6) is 0 Å². The lowest BCUT2D eigenvalue weighted by molar-refractivity contribution is -0.119. The van der Waals surface area contributed by atoms with Gasteiger partial charge in [0.2, 0.25) is 16.9 Å². The van der Waals surface area contributed by atoms with Crippen molar-refractivity contribution in [2.24, 2.45) is 5.92 Å². The molecule has 1 atom stereocenters. The molecule has 0 spiro atoms. The van der Waals surface area contributed by atoms with Crippen LogP contribution in [0.15, 0.2) is 54.6 Å². The quantitative estimate of drug-likeness (QED) is 0.341. The van der Waals surface area contributed by atoms with Crippen LogP contribution >= 0.6 is 23.6 Å². The van der Waals surface area contributed by atoms with E-state index in [9.17, 15) is 14.4 Å². The highest BCUT2D eigenvalue weighted by atomic mass is 32.1. The minimum atomic E-state index is -0.757. The highest BCUT2D eigenvalue weighted by molar-refractivity contribution is 7.73. The summed E-state index contributed by atoms with van der Waals surface area (Å²) >= 11 is 6.10. The van der Waals surface area contributed by atoms with Crippen LogP contribution in [0, 0.1) is 9.87 Å². The summed E-state index contributed by atoms with van der Waals surface area (Å²) in [5.74, 6) is -1.02. The van der Waals surface area contributed by atoms with Gasteiger partial charge in [-0.3, -0.25) is 24.8 Å². The number of anilines is 2. The maximum atomic E-state index is 12.7. The third-order valence-corrected chi connectivity index (χ3v) is 5.82. The number of benzene rings is 2. The molecule has 10 heteroatoms. The molecule has 0 aliphatic rings. The van der Waals surface area contributed by atoms with Crippen molar-refractivity contribution in [3.8, 4) is 0 Å². The molecule has 2 aromatic carbocycles. The van der Waals surface area contributed by atoms with Gasteiger partial charge in [-0.05, 0) is 54.4 Å². The average molecular weight is 484 g/mol. The lowest BCUT2D eigenvalue weighted by Gasteiger charge is -2.21. The minimum Gasteiger partial charge on any atom is -0.340 e. The van der Waals surface area contributed by atoms with Crippen molar-refractivity contribution in [1.29, 1.82) is 0 Å². The first-order valence-corrected chi connectivity index (χ1v) is 11.7. The predicted octanol–water partition coefficient (Wildman–Crippen LogP) is 4.17. The van der Waals surface area contributed by atoms with E-state index in [2.05, 4.69) is 26.1 Å². The Morgan fingerprint density at radius 3 is 2.33 bits per heavy atom. The molecule has 0 saturated heterocycles. The zero-order valence-electron chi connectivity index (χ0n) is 18.3. The Balaban J connectivity index is 1.55. The fourth-order valence-corrected chi connectivity index (χ4v) is 3.85.